The first-order chi connectivity index (χ1) is 9.52. The van der Waals surface area contributed by atoms with Gasteiger partial charge in [0.1, 0.15) is 11.0 Å². The van der Waals surface area contributed by atoms with Crippen molar-refractivity contribution < 1.29 is 19.4 Å². The van der Waals surface area contributed by atoms with Gasteiger partial charge < -0.3 is 20.1 Å². The Morgan fingerprint density at radius 2 is 2.40 bits per heavy atom. The third-order valence-electron chi connectivity index (χ3n) is 3.30. The van der Waals surface area contributed by atoms with Crippen molar-refractivity contribution in [2.75, 3.05) is 13.7 Å². The number of thiazole rings is 1. The van der Waals surface area contributed by atoms with Crippen LogP contribution in [0.1, 0.15) is 24.4 Å². The summed E-state index contributed by atoms with van der Waals surface area (Å²) in [4.78, 5) is 28.8. The van der Waals surface area contributed by atoms with Crippen LogP contribution in [0.15, 0.2) is 11.6 Å². The molecular formula is C12H17N3O4S. The van der Waals surface area contributed by atoms with Crippen molar-refractivity contribution in [2.24, 2.45) is 0 Å². The molecule has 0 bridgehead atoms. The van der Waals surface area contributed by atoms with E-state index in [1.165, 1.54) is 23.3 Å². The van der Waals surface area contributed by atoms with Crippen molar-refractivity contribution in [2.45, 2.75) is 31.5 Å². The number of nitrogens with zero attached hydrogens (tertiary/aromatic N) is 2. The Balaban J connectivity index is 2.02. The lowest BCUT2D eigenvalue weighted by atomic mass is 10.2. The second-order valence-corrected chi connectivity index (χ2v) is 5.57. The van der Waals surface area contributed by atoms with E-state index in [2.05, 4.69) is 10.3 Å². The Morgan fingerprint density at radius 3 is 2.95 bits per heavy atom. The van der Waals surface area contributed by atoms with Crippen LogP contribution >= 0.6 is 11.3 Å². The number of rotatable bonds is 4. The molecule has 0 radical (unpaired) electrons. The highest BCUT2D eigenvalue weighted by Crippen LogP contribution is 2.22. The summed E-state index contributed by atoms with van der Waals surface area (Å²) in [7, 11) is 1.52. The van der Waals surface area contributed by atoms with E-state index in [9.17, 15) is 14.7 Å². The molecule has 2 heterocycles. The molecule has 20 heavy (non-hydrogen) atoms. The number of urea groups is 1. The van der Waals surface area contributed by atoms with Gasteiger partial charge in [0.15, 0.2) is 0 Å². The number of ether oxygens (including phenoxy) is 1. The highest BCUT2D eigenvalue weighted by molar-refractivity contribution is 7.09. The van der Waals surface area contributed by atoms with Gasteiger partial charge >= 0.3 is 12.0 Å². The molecule has 1 aromatic heterocycles. The van der Waals surface area contributed by atoms with E-state index in [1.807, 2.05) is 12.3 Å². The number of hydrogen-bond acceptors (Lipinski definition) is 5. The SMILES string of the molecule is COC1CC(C(=O)O)N(C(=O)NC(C)c2nccs2)C1. The summed E-state index contributed by atoms with van der Waals surface area (Å²) in [5.74, 6) is -1.01. The smallest absolute Gasteiger partial charge is 0.326 e. The molecule has 1 aliphatic rings. The number of methoxy groups -OCH3 is 1. The van der Waals surface area contributed by atoms with E-state index in [1.54, 1.807) is 6.20 Å². The van der Waals surface area contributed by atoms with Gasteiger partial charge in [-0.05, 0) is 6.92 Å². The molecule has 1 fully saturated rings. The number of carboxylic acid groups (broad SMARTS) is 1. The second-order valence-electron chi connectivity index (χ2n) is 4.64. The van der Waals surface area contributed by atoms with Crippen LogP contribution in [0.4, 0.5) is 4.79 Å². The van der Waals surface area contributed by atoms with Gasteiger partial charge in [-0.15, -0.1) is 11.3 Å². The number of amides is 2. The average molecular weight is 299 g/mol. The van der Waals surface area contributed by atoms with Crippen LogP contribution in [0.2, 0.25) is 0 Å². The van der Waals surface area contributed by atoms with Crippen molar-refractivity contribution in [3.05, 3.63) is 16.6 Å². The van der Waals surface area contributed by atoms with E-state index in [0.29, 0.717) is 6.42 Å². The summed E-state index contributed by atoms with van der Waals surface area (Å²) in [5, 5.41) is 14.6. The van der Waals surface area contributed by atoms with Crippen LogP contribution in [0.3, 0.4) is 0 Å². The van der Waals surface area contributed by atoms with Gasteiger partial charge in [-0.3, -0.25) is 0 Å². The third kappa shape index (κ3) is 3.07. The van der Waals surface area contributed by atoms with Crippen molar-refractivity contribution in [1.82, 2.24) is 15.2 Å². The second kappa shape index (κ2) is 6.19. The molecule has 2 N–H and O–H groups in total. The van der Waals surface area contributed by atoms with Crippen LogP contribution in [-0.2, 0) is 9.53 Å². The first kappa shape index (κ1) is 14.7. The molecule has 1 saturated heterocycles. The third-order valence-corrected chi connectivity index (χ3v) is 4.26. The molecule has 7 nitrogen and oxygen atoms in total. The van der Waals surface area contributed by atoms with Gasteiger partial charge in [0, 0.05) is 31.7 Å². The monoisotopic (exact) mass is 299 g/mol. The van der Waals surface area contributed by atoms with Crippen LogP contribution in [0.5, 0.6) is 0 Å². The molecule has 0 aromatic carbocycles. The molecule has 8 heteroatoms. The number of aliphatic carboxylic acids is 1. The summed E-state index contributed by atoms with van der Waals surface area (Å²) in [6, 6.07) is -1.50. The van der Waals surface area contributed by atoms with Gasteiger partial charge in [0.25, 0.3) is 0 Å². The summed E-state index contributed by atoms with van der Waals surface area (Å²) < 4.78 is 5.15. The lowest BCUT2D eigenvalue weighted by Gasteiger charge is -2.23. The number of nitrogens with one attached hydrogen (secondary N) is 1. The van der Waals surface area contributed by atoms with Crippen LogP contribution in [0.25, 0.3) is 0 Å². The van der Waals surface area contributed by atoms with Crippen molar-refractivity contribution in [3.8, 4) is 0 Å². The zero-order chi connectivity index (χ0) is 14.7. The van der Waals surface area contributed by atoms with Gasteiger partial charge in [-0.1, -0.05) is 0 Å². The maximum Gasteiger partial charge on any atom is 0.326 e. The minimum atomic E-state index is -1.01. The lowest BCUT2D eigenvalue weighted by molar-refractivity contribution is -0.141. The number of carbonyl (C=O) groups excluding carboxylic acids is 1. The molecule has 0 saturated carbocycles. The number of carboxylic acids is 1. The van der Waals surface area contributed by atoms with Crippen molar-refractivity contribution in [1.29, 1.82) is 0 Å². The molecule has 3 unspecified atom stereocenters. The number of carbonyl (C=O) groups is 2. The summed E-state index contributed by atoms with van der Waals surface area (Å²) >= 11 is 1.44. The summed E-state index contributed by atoms with van der Waals surface area (Å²) in [6.07, 6.45) is 1.74. The molecule has 0 aliphatic carbocycles. The molecule has 3 atom stereocenters. The molecule has 110 valence electrons. The quantitative estimate of drug-likeness (QED) is 0.868. The molecule has 1 aliphatic heterocycles. The molecule has 0 spiro atoms. The van der Waals surface area contributed by atoms with Gasteiger partial charge in [-0.2, -0.15) is 0 Å². The van der Waals surface area contributed by atoms with E-state index < -0.39 is 18.0 Å². The van der Waals surface area contributed by atoms with Gasteiger partial charge in [0.05, 0.1) is 12.1 Å². The topological polar surface area (TPSA) is 91.8 Å². The Labute approximate surface area is 120 Å². The summed E-state index contributed by atoms with van der Waals surface area (Å²) in [6.45, 7) is 2.10. The van der Waals surface area contributed by atoms with E-state index in [4.69, 9.17) is 4.74 Å². The number of hydrogen-bond donors (Lipinski definition) is 2. The normalized spacial score (nSPS) is 23.6. The Hall–Kier alpha value is -1.67. The van der Waals surface area contributed by atoms with Crippen LogP contribution in [0, 0.1) is 0 Å². The first-order valence-corrected chi connectivity index (χ1v) is 7.13. The Kier molecular flexibility index (Phi) is 4.56. The standard InChI is InChI=1S/C12H17N3O4S/c1-7(10-13-3-4-20-10)14-12(18)15-6-8(19-2)5-9(15)11(16)17/h3-4,7-9H,5-6H2,1-2H3,(H,14,18)(H,16,17). The lowest BCUT2D eigenvalue weighted by Crippen LogP contribution is -2.46. The van der Waals surface area contributed by atoms with E-state index in [-0.39, 0.29) is 18.7 Å². The number of aromatic nitrogens is 1. The molecular weight excluding hydrogens is 282 g/mol. The molecule has 2 amide bonds. The fourth-order valence-electron chi connectivity index (χ4n) is 2.20. The number of likely N-dealkylation sites (tertiary alicyclic amines) is 1. The van der Waals surface area contributed by atoms with Crippen LogP contribution < -0.4 is 5.32 Å². The van der Waals surface area contributed by atoms with Crippen molar-refractivity contribution in [3.63, 3.8) is 0 Å². The minimum Gasteiger partial charge on any atom is -0.480 e. The fraction of sp³-hybridized carbons (Fsp3) is 0.583. The largest absolute Gasteiger partial charge is 0.480 e. The molecule has 2 rings (SSSR count). The fourth-order valence-corrected chi connectivity index (χ4v) is 2.85. The van der Waals surface area contributed by atoms with Crippen molar-refractivity contribution >= 4 is 23.3 Å². The minimum absolute atomic E-state index is 0.239. The highest BCUT2D eigenvalue weighted by Gasteiger charge is 2.40. The summed E-state index contributed by atoms with van der Waals surface area (Å²) in [5.41, 5.74) is 0. The van der Waals surface area contributed by atoms with Crippen LogP contribution in [-0.4, -0.2) is 52.8 Å². The van der Waals surface area contributed by atoms with Gasteiger partial charge in [0.2, 0.25) is 0 Å². The average Bonchev–Trinajstić information content (AvgIpc) is 3.07. The predicted molar refractivity (Wildman–Crippen MR) is 72.6 cm³/mol. The zero-order valence-electron chi connectivity index (χ0n) is 11.3. The van der Waals surface area contributed by atoms with Gasteiger partial charge in [-0.25, -0.2) is 14.6 Å². The maximum atomic E-state index is 12.2. The van der Waals surface area contributed by atoms with E-state index in [0.717, 1.165) is 5.01 Å². The highest BCUT2D eigenvalue weighted by atomic mass is 32.1. The predicted octanol–water partition coefficient (Wildman–Crippen LogP) is 1.09. The van der Waals surface area contributed by atoms with E-state index >= 15 is 0 Å². The Morgan fingerprint density at radius 1 is 1.65 bits per heavy atom. The maximum absolute atomic E-state index is 12.2. The Bertz CT molecular complexity index is 479. The zero-order valence-corrected chi connectivity index (χ0v) is 12.1. The molecule has 1 aromatic rings. The first-order valence-electron chi connectivity index (χ1n) is 6.25.